The van der Waals surface area contributed by atoms with Gasteiger partial charge in [-0.25, -0.2) is 4.79 Å². The summed E-state index contributed by atoms with van der Waals surface area (Å²) in [5.74, 6) is -1.40. The number of methoxy groups -OCH3 is 1. The van der Waals surface area contributed by atoms with E-state index in [1.54, 1.807) is 0 Å². The summed E-state index contributed by atoms with van der Waals surface area (Å²) in [4.78, 5) is 34.2. The van der Waals surface area contributed by atoms with E-state index in [-0.39, 0.29) is 22.6 Å². The van der Waals surface area contributed by atoms with Gasteiger partial charge in [0.25, 0.3) is 11.6 Å². The molecule has 0 aliphatic carbocycles. The van der Waals surface area contributed by atoms with Crippen LogP contribution >= 0.6 is 0 Å². The first-order valence-electron chi connectivity index (χ1n) is 6.10. The Morgan fingerprint density at radius 1 is 1.36 bits per heavy atom. The minimum atomic E-state index is -0.717. The normalized spacial score (nSPS) is 10.1. The number of ether oxygens (including phenoxy) is 1. The molecule has 0 bridgehead atoms. The molecule has 9 heteroatoms. The summed E-state index contributed by atoms with van der Waals surface area (Å²) in [7, 11) is 2.70. The van der Waals surface area contributed by atoms with Crippen molar-refractivity contribution in [2.24, 2.45) is 7.05 Å². The number of carbonyl (C=O) groups excluding carboxylic acids is 2. The molecule has 1 aromatic heterocycles. The number of nitro benzene ring substituents is 1. The summed E-state index contributed by atoms with van der Waals surface area (Å²) in [6.45, 7) is 0. The van der Waals surface area contributed by atoms with Crippen molar-refractivity contribution in [3.8, 4) is 0 Å². The van der Waals surface area contributed by atoms with Crippen LogP contribution in [0.15, 0.2) is 30.5 Å². The summed E-state index contributed by atoms with van der Waals surface area (Å²) >= 11 is 0. The van der Waals surface area contributed by atoms with Gasteiger partial charge in [-0.1, -0.05) is 12.1 Å². The fourth-order valence-corrected chi connectivity index (χ4v) is 1.88. The summed E-state index contributed by atoms with van der Waals surface area (Å²) in [5.41, 5.74) is -0.303. The molecule has 0 unspecified atom stereocenters. The van der Waals surface area contributed by atoms with Crippen LogP contribution in [-0.4, -0.2) is 33.7 Å². The van der Waals surface area contributed by atoms with Crippen LogP contribution in [0.4, 0.5) is 11.4 Å². The molecule has 1 aromatic carbocycles. The number of esters is 1. The van der Waals surface area contributed by atoms with Gasteiger partial charge in [0.1, 0.15) is 5.56 Å². The molecular formula is C13H12N4O5. The van der Waals surface area contributed by atoms with Crippen LogP contribution in [0.5, 0.6) is 0 Å². The van der Waals surface area contributed by atoms with E-state index >= 15 is 0 Å². The van der Waals surface area contributed by atoms with Crippen LogP contribution in [0.1, 0.15) is 20.8 Å². The summed E-state index contributed by atoms with van der Waals surface area (Å²) < 4.78 is 5.84. The molecule has 1 heterocycles. The molecule has 1 N–H and O–H groups in total. The molecule has 2 aromatic rings. The van der Waals surface area contributed by atoms with Crippen LogP contribution in [0.25, 0.3) is 0 Å². The minimum absolute atomic E-state index is 0.0365. The van der Waals surface area contributed by atoms with Crippen LogP contribution in [0.3, 0.4) is 0 Å². The molecule has 0 saturated carbocycles. The fourth-order valence-electron chi connectivity index (χ4n) is 1.88. The molecule has 114 valence electrons. The highest BCUT2D eigenvalue weighted by Gasteiger charge is 2.23. The number of nitrogens with zero attached hydrogens (tertiary/aromatic N) is 3. The second-order valence-electron chi connectivity index (χ2n) is 4.25. The van der Waals surface area contributed by atoms with E-state index in [0.717, 1.165) is 0 Å². The van der Waals surface area contributed by atoms with Crippen LogP contribution in [0, 0.1) is 10.1 Å². The topological polar surface area (TPSA) is 116 Å². The molecule has 0 aliphatic heterocycles. The second kappa shape index (κ2) is 6.04. The first-order chi connectivity index (χ1) is 10.5. The lowest BCUT2D eigenvalue weighted by Gasteiger charge is -2.06. The second-order valence-corrected chi connectivity index (χ2v) is 4.25. The third kappa shape index (κ3) is 2.77. The first kappa shape index (κ1) is 15.2. The number of nitro groups is 1. The number of benzene rings is 1. The smallest absolute Gasteiger partial charge is 0.358 e. The predicted molar refractivity (Wildman–Crippen MR) is 75.6 cm³/mol. The SMILES string of the molecule is COC(=O)c1c(NC(=O)c2ccccc2[N+](=O)[O-])cnn1C. The maximum Gasteiger partial charge on any atom is 0.358 e. The summed E-state index contributed by atoms with van der Waals surface area (Å²) in [6, 6.07) is 5.51. The average molecular weight is 304 g/mol. The Morgan fingerprint density at radius 3 is 2.68 bits per heavy atom. The fraction of sp³-hybridized carbons (Fsp3) is 0.154. The van der Waals surface area contributed by atoms with Crippen LogP contribution in [0.2, 0.25) is 0 Å². The highest BCUT2D eigenvalue weighted by molar-refractivity contribution is 6.09. The first-order valence-corrected chi connectivity index (χ1v) is 6.10. The van der Waals surface area contributed by atoms with Gasteiger partial charge in [-0.2, -0.15) is 5.10 Å². The molecule has 2 rings (SSSR count). The number of rotatable bonds is 4. The number of amides is 1. The van der Waals surface area contributed by atoms with Crippen molar-refractivity contribution in [2.75, 3.05) is 12.4 Å². The van der Waals surface area contributed by atoms with Crippen molar-refractivity contribution in [1.29, 1.82) is 0 Å². The highest BCUT2D eigenvalue weighted by atomic mass is 16.6. The monoisotopic (exact) mass is 304 g/mol. The van der Waals surface area contributed by atoms with Crippen LogP contribution in [-0.2, 0) is 11.8 Å². The summed E-state index contributed by atoms with van der Waals surface area (Å²) in [6.07, 6.45) is 1.26. The van der Waals surface area contributed by atoms with Gasteiger partial charge in [0, 0.05) is 13.1 Å². The largest absolute Gasteiger partial charge is 0.464 e. The van der Waals surface area contributed by atoms with Gasteiger partial charge in [-0.05, 0) is 6.07 Å². The van der Waals surface area contributed by atoms with E-state index in [0.29, 0.717) is 0 Å². The Hall–Kier alpha value is -3.23. The Balaban J connectivity index is 2.35. The average Bonchev–Trinajstić information content (AvgIpc) is 2.87. The van der Waals surface area contributed by atoms with Gasteiger partial charge >= 0.3 is 5.97 Å². The number of aryl methyl sites for hydroxylation is 1. The van der Waals surface area contributed by atoms with Gasteiger partial charge in [-0.15, -0.1) is 0 Å². The Morgan fingerprint density at radius 2 is 2.05 bits per heavy atom. The Kier molecular flexibility index (Phi) is 4.16. The number of anilines is 1. The molecule has 0 aliphatic rings. The summed E-state index contributed by atoms with van der Waals surface area (Å²) in [5, 5.41) is 17.2. The van der Waals surface area contributed by atoms with Crippen LogP contribution < -0.4 is 5.32 Å². The maximum atomic E-state index is 12.2. The van der Waals surface area contributed by atoms with Crippen molar-refractivity contribution in [1.82, 2.24) is 9.78 Å². The number of nitrogens with one attached hydrogen (secondary N) is 1. The molecule has 9 nitrogen and oxygen atoms in total. The van der Waals surface area contributed by atoms with Crippen molar-refractivity contribution >= 4 is 23.3 Å². The lowest BCUT2D eigenvalue weighted by atomic mass is 10.1. The van der Waals surface area contributed by atoms with E-state index in [1.807, 2.05) is 0 Å². The standard InChI is InChI=1S/C13H12N4O5/c1-16-11(13(19)22-2)9(7-14-16)15-12(18)8-5-3-4-6-10(8)17(20)21/h3-7H,1-2H3,(H,15,18). The van der Waals surface area contributed by atoms with E-state index in [1.165, 1.54) is 49.3 Å². The molecule has 0 radical (unpaired) electrons. The molecule has 0 saturated heterocycles. The number of para-hydroxylation sites is 1. The lowest BCUT2D eigenvalue weighted by molar-refractivity contribution is -0.385. The van der Waals surface area contributed by atoms with Crippen molar-refractivity contribution in [3.05, 3.63) is 51.8 Å². The number of hydrogen-bond donors (Lipinski definition) is 1. The van der Waals surface area contributed by atoms with Crippen molar-refractivity contribution in [2.45, 2.75) is 0 Å². The third-order valence-corrected chi connectivity index (χ3v) is 2.91. The van der Waals surface area contributed by atoms with E-state index in [4.69, 9.17) is 0 Å². The van der Waals surface area contributed by atoms with Gasteiger partial charge in [-0.3, -0.25) is 19.6 Å². The Bertz CT molecular complexity index is 753. The quantitative estimate of drug-likeness (QED) is 0.518. The van der Waals surface area contributed by atoms with Gasteiger partial charge in [0.2, 0.25) is 0 Å². The minimum Gasteiger partial charge on any atom is -0.464 e. The van der Waals surface area contributed by atoms with Gasteiger partial charge in [0.05, 0.1) is 23.9 Å². The zero-order chi connectivity index (χ0) is 16.3. The lowest BCUT2D eigenvalue weighted by Crippen LogP contribution is -2.17. The third-order valence-electron chi connectivity index (χ3n) is 2.91. The highest BCUT2D eigenvalue weighted by Crippen LogP contribution is 2.21. The zero-order valence-electron chi connectivity index (χ0n) is 11.8. The molecule has 0 atom stereocenters. The Labute approximate surface area is 124 Å². The van der Waals surface area contributed by atoms with Gasteiger partial charge < -0.3 is 10.1 Å². The number of hydrogen-bond acceptors (Lipinski definition) is 6. The van der Waals surface area contributed by atoms with Gasteiger partial charge in [0.15, 0.2) is 5.69 Å². The molecular weight excluding hydrogens is 292 g/mol. The molecule has 0 fully saturated rings. The van der Waals surface area contributed by atoms with Crippen molar-refractivity contribution in [3.63, 3.8) is 0 Å². The van der Waals surface area contributed by atoms with E-state index < -0.39 is 16.8 Å². The zero-order valence-corrected chi connectivity index (χ0v) is 11.8. The molecule has 22 heavy (non-hydrogen) atoms. The van der Waals surface area contributed by atoms with Crippen molar-refractivity contribution < 1.29 is 19.2 Å². The predicted octanol–water partition coefficient (Wildman–Crippen LogP) is 1.37. The number of carbonyl (C=O) groups is 2. The van der Waals surface area contributed by atoms with E-state index in [9.17, 15) is 19.7 Å². The molecule has 1 amide bonds. The number of aromatic nitrogens is 2. The maximum absolute atomic E-state index is 12.2. The molecule has 0 spiro atoms. The van der Waals surface area contributed by atoms with E-state index in [2.05, 4.69) is 15.2 Å².